The Morgan fingerprint density at radius 3 is 2.81 bits per heavy atom. The summed E-state index contributed by atoms with van der Waals surface area (Å²) in [5, 5.41) is 3.19. The molecule has 1 aromatic rings. The number of carbonyl (C=O) groups excluding carboxylic acids is 1. The SMILES string of the molecule is CC(=O)NC1(C)CC2CCCN(Cc3ccccc3)C2C1. The van der Waals surface area contributed by atoms with Gasteiger partial charge in [0, 0.05) is 25.0 Å². The van der Waals surface area contributed by atoms with Gasteiger partial charge in [0.1, 0.15) is 0 Å². The van der Waals surface area contributed by atoms with Gasteiger partial charge in [0.15, 0.2) is 0 Å². The molecule has 1 heterocycles. The van der Waals surface area contributed by atoms with E-state index in [1.54, 1.807) is 6.92 Å². The predicted molar refractivity (Wildman–Crippen MR) is 84.8 cm³/mol. The first-order valence-electron chi connectivity index (χ1n) is 8.12. The van der Waals surface area contributed by atoms with E-state index in [9.17, 15) is 4.79 Å². The number of hydrogen-bond donors (Lipinski definition) is 1. The number of fused-ring (bicyclic) bond motifs is 1. The van der Waals surface area contributed by atoms with Gasteiger partial charge in [-0.25, -0.2) is 0 Å². The topological polar surface area (TPSA) is 32.3 Å². The fraction of sp³-hybridized carbons (Fsp3) is 0.611. The van der Waals surface area contributed by atoms with Crippen molar-refractivity contribution in [3.05, 3.63) is 35.9 Å². The van der Waals surface area contributed by atoms with E-state index in [1.165, 1.54) is 24.9 Å². The van der Waals surface area contributed by atoms with Crippen LogP contribution in [0.5, 0.6) is 0 Å². The van der Waals surface area contributed by atoms with Crippen molar-refractivity contribution in [2.45, 2.75) is 57.7 Å². The molecule has 0 radical (unpaired) electrons. The fourth-order valence-electron chi connectivity index (χ4n) is 4.41. The van der Waals surface area contributed by atoms with Crippen molar-refractivity contribution in [1.29, 1.82) is 0 Å². The number of nitrogens with one attached hydrogen (secondary N) is 1. The van der Waals surface area contributed by atoms with Crippen molar-refractivity contribution in [2.75, 3.05) is 6.54 Å². The first kappa shape index (κ1) is 14.6. The summed E-state index contributed by atoms with van der Waals surface area (Å²) >= 11 is 0. The second-order valence-electron chi connectivity index (χ2n) is 7.08. The van der Waals surface area contributed by atoms with Crippen LogP contribution in [-0.2, 0) is 11.3 Å². The van der Waals surface area contributed by atoms with E-state index in [0.717, 1.165) is 25.3 Å². The van der Waals surface area contributed by atoms with Crippen LogP contribution in [0.2, 0.25) is 0 Å². The molecule has 1 aliphatic heterocycles. The van der Waals surface area contributed by atoms with Gasteiger partial charge in [-0.1, -0.05) is 30.3 Å². The van der Waals surface area contributed by atoms with Gasteiger partial charge in [0.25, 0.3) is 0 Å². The lowest BCUT2D eigenvalue weighted by molar-refractivity contribution is -0.120. The first-order valence-corrected chi connectivity index (χ1v) is 8.12. The van der Waals surface area contributed by atoms with Crippen LogP contribution in [0.4, 0.5) is 0 Å². The minimum Gasteiger partial charge on any atom is -0.351 e. The van der Waals surface area contributed by atoms with Gasteiger partial charge in [0.05, 0.1) is 0 Å². The number of benzene rings is 1. The Kier molecular flexibility index (Phi) is 4.03. The quantitative estimate of drug-likeness (QED) is 0.926. The number of amides is 1. The van der Waals surface area contributed by atoms with Gasteiger partial charge in [-0.3, -0.25) is 9.69 Å². The highest BCUT2D eigenvalue weighted by Gasteiger charge is 2.46. The number of hydrogen-bond acceptors (Lipinski definition) is 2. The van der Waals surface area contributed by atoms with Gasteiger partial charge >= 0.3 is 0 Å². The van der Waals surface area contributed by atoms with Crippen LogP contribution in [0.1, 0.15) is 45.1 Å². The molecule has 3 unspecified atom stereocenters. The van der Waals surface area contributed by atoms with E-state index < -0.39 is 0 Å². The average molecular weight is 286 g/mol. The van der Waals surface area contributed by atoms with Crippen LogP contribution in [-0.4, -0.2) is 28.9 Å². The predicted octanol–water partition coefficient (Wildman–Crippen LogP) is 2.96. The minimum absolute atomic E-state index is 0.0134. The van der Waals surface area contributed by atoms with Crippen molar-refractivity contribution in [3.63, 3.8) is 0 Å². The summed E-state index contributed by atoms with van der Waals surface area (Å²) in [7, 11) is 0. The number of piperidine rings is 1. The van der Waals surface area contributed by atoms with Crippen LogP contribution in [0.25, 0.3) is 0 Å². The summed E-state index contributed by atoms with van der Waals surface area (Å²) in [4.78, 5) is 14.1. The van der Waals surface area contributed by atoms with Crippen molar-refractivity contribution in [2.24, 2.45) is 5.92 Å². The van der Waals surface area contributed by atoms with Crippen LogP contribution in [0.15, 0.2) is 30.3 Å². The molecule has 0 aromatic heterocycles. The van der Waals surface area contributed by atoms with Gasteiger partial charge in [-0.15, -0.1) is 0 Å². The Morgan fingerprint density at radius 1 is 1.33 bits per heavy atom. The number of carbonyl (C=O) groups is 1. The Hall–Kier alpha value is -1.35. The molecular formula is C18H26N2O. The molecule has 2 fully saturated rings. The molecule has 3 atom stereocenters. The van der Waals surface area contributed by atoms with Crippen molar-refractivity contribution in [3.8, 4) is 0 Å². The van der Waals surface area contributed by atoms with Crippen LogP contribution in [0.3, 0.4) is 0 Å². The monoisotopic (exact) mass is 286 g/mol. The summed E-state index contributed by atoms with van der Waals surface area (Å²) in [5.74, 6) is 0.838. The zero-order chi connectivity index (χ0) is 14.9. The molecule has 2 aliphatic rings. The third kappa shape index (κ3) is 3.29. The number of likely N-dealkylation sites (tertiary alicyclic amines) is 1. The zero-order valence-electron chi connectivity index (χ0n) is 13.1. The molecule has 0 bridgehead atoms. The Morgan fingerprint density at radius 2 is 2.10 bits per heavy atom. The molecule has 3 heteroatoms. The standard InChI is InChI=1S/C18H26N2O/c1-14(21)19-18(2)11-16-9-6-10-20(17(16)12-18)13-15-7-4-3-5-8-15/h3-5,7-8,16-17H,6,9-13H2,1-2H3,(H,19,21). The molecule has 3 nitrogen and oxygen atoms in total. The highest BCUT2D eigenvalue weighted by atomic mass is 16.1. The Bertz CT molecular complexity index is 501. The summed E-state index contributed by atoms with van der Waals surface area (Å²) in [6, 6.07) is 11.4. The summed E-state index contributed by atoms with van der Waals surface area (Å²) < 4.78 is 0. The van der Waals surface area contributed by atoms with Crippen molar-refractivity contribution >= 4 is 5.91 Å². The molecule has 21 heavy (non-hydrogen) atoms. The Balaban J connectivity index is 1.71. The molecule has 0 spiro atoms. The van der Waals surface area contributed by atoms with Crippen LogP contribution in [0, 0.1) is 5.92 Å². The average Bonchev–Trinajstić information content (AvgIpc) is 2.76. The van der Waals surface area contributed by atoms with Crippen molar-refractivity contribution < 1.29 is 4.79 Å². The summed E-state index contributed by atoms with van der Waals surface area (Å²) in [6.45, 7) is 6.08. The van der Waals surface area contributed by atoms with Gasteiger partial charge in [-0.2, -0.15) is 0 Å². The highest BCUT2D eigenvalue weighted by Crippen LogP contribution is 2.42. The van der Waals surface area contributed by atoms with E-state index in [4.69, 9.17) is 0 Å². The molecule has 1 N–H and O–H groups in total. The second kappa shape index (κ2) is 5.80. The maximum Gasteiger partial charge on any atom is 0.217 e. The molecule has 1 saturated heterocycles. The van der Waals surface area contributed by atoms with Crippen LogP contribution >= 0.6 is 0 Å². The summed E-state index contributed by atoms with van der Waals surface area (Å²) in [6.07, 6.45) is 4.81. The molecule has 1 amide bonds. The van der Waals surface area contributed by atoms with Gasteiger partial charge in [-0.05, 0) is 50.6 Å². The smallest absolute Gasteiger partial charge is 0.217 e. The Labute approximate surface area is 127 Å². The maximum absolute atomic E-state index is 11.5. The van der Waals surface area contributed by atoms with E-state index >= 15 is 0 Å². The molecule has 114 valence electrons. The third-order valence-corrected chi connectivity index (χ3v) is 5.11. The lowest BCUT2D eigenvalue weighted by atomic mass is 9.91. The van der Waals surface area contributed by atoms with Crippen LogP contribution < -0.4 is 5.32 Å². The number of nitrogens with zero attached hydrogens (tertiary/aromatic N) is 1. The molecule has 1 aliphatic carbocycles. The van der Waals surface area contributed by atoms with E-state index in [0.29, 0.717) is 6.04 Å². The molecular weight excluding hydrogens is 260 g/mol. The molecule has 3 rings (SSSR count). The molecule has 1 saturated carbocycles. The number of rotatable bonds is 3. The summed E-state index contributed by atoms with van der Waals surface area (Å²) in [5.41, 5.74) is 1.38. The van der Waals surface area contributed by atoms with Gasteiger partial charge in [0.2, 0.25) is 5.91 Å². The lowest BCUT2D eigenvalue weighted by Gasteiger charge is -2.37. The van der Waals surface area contributed by atoms with E-state index in [-0.39, 0.29) is 11.4 Å². The van der Waals surface area contributed by atoms with Gasteiger partial charge < -0.3 is 5.32 Å². The largest absolute Gasteiger partial charge is 0.351 e. The first-order chi connectivity index (χ1) is 10.1. The lowest BCUT2D eigenvalue weighted by Crippen LogP contribution is -2.45. The second-order valence-corrected chi connectivity index (χ2v) is 7.08. The third-order valence-electron chi connectivity index (χ3n) is 5.11. The normalized spacial score (nSPS) is 32.7. The maximum atomic E-state index is 11.5. The fourth-order valence-corrected chi connectivity index (χ4v) is 4.41. The highest BCUT2D eigenvalue weighted by molar-refractivity contribution is 5.73. The molecule has 1 aromatic carbocycles. The van der Waals surface area contributed by atoms with E-state index in [1.807, 2.05) is 0 Å². The van der Waals surface area contributed by atoms with Crippen molar-refractivity contribution in [1.82, 2.24) is 10.2 Å². The van der Waals surface area contributed by atoms with E-state index in [2.05, 4.69) is 47.5 Å². The zero-order valence-corrected chi connectivity index (χ0v) is 13.1. The minimum atomic E-state index is -0.0134.